The molecule has 9 nitrogen and oxygen atoms in total. The number of ether oxygens (including phenoxy) is 2. The highest BCUT2D eigenvalue weighted by Gasteiger charge is 2.39. The molecule has 0 aromatic heterocycles. The summed E-state index contributed by atoms with van der Waals surface area (Å²) in [6.07, 6.45) is 0.710. The van der Waals surface area contributed by atoms with Crippen LogP contribution in [0, 0.1) is 0 Å². The number of imide groups is 1. The van der Waals surface area contributed by atoms with Gasteiger partial charge in [-0.05, 0) is 73.2 Å². The lowest BCUT2D eigenvalue weighted by atomic mass is 10.1. The highest BCUT2D eigenvalue weighted by Crippen LogP contribution is 2.31. The Kier molecular flexibility index (Phi) is 8.08. The van der Waals surface area contributed by atoms with E-state index in [1.165, 1.54) is 13.2 Å². The van der Waals surface area contributed by atoms with Gasteiger partial charge in [0.2, 0.25) is 0 Å². The molecule has 3 aromatic carbocycles. The first-order valence-electron chi connectivity index (χ1n) is 11.7. The van der Waals surface area contributed by atoms with Gasteiger partial charge in [-0.3, -0.25) is 14.4 Å². The van der Waals surface area contributed by atoms with Gasteiger partial charge in [0.1, 0.15) is 16.5 Å². The summed E-state index contributed by atoms with van der Waals surface area (Å²) in [5, 5.41) is 5.37. The minimum atomic E-state index is -0.652. The van der Waals surface area contributed by atoms with Crippen LogP contribution < -0.4 is 20.3 Å². The number of amides is 3. The zero-order valence-corrected chi connectivity index (χ0v) is 21.4. The van der Waals surface area contributed by atoms with Crippen molar-refractivity contribution in [2.45, 2.75) is 13.3 Å². The Balaban J connectivity index is 1.42. The molecule has 2 N–H and O–H groups in total. The van der Waals surface area contributed by atoms with Crippen molar-refractivity contribution < 1.29 is 28.7 Å². The van der Waals surface area contributed by atoms with Crippen LogP contribution in [0.1, 0.15) is 34.1 Å². The number of halogens is 1. The number of esters is 1. The van der Waals surface area contributed by atoms with E-state index in [4.69, 9.17) is 21.1 Å². The molecule has 0 bridgehead atoms. The summed E-state index contributed by atoms with van der Waals surface area (Å²) in [7, 11) is 1.51. The molecule has 3 amide bonds. The normalized spacial score (nSPS) is 13.0. The summed E-state index contributed by atoms with van der Waals surface area (Å²) in [5.74, 6) is -1.54. The van der Waals surface area contributed by atoms with Crippen LogP contribution in [-0.2, 0) is 14.3 Å². The third kappa shape index (κ3) is 5.68. The van der Waals surface area contributed by atoms with Crippen molar-refractivity contribution in [2.75, 3.05) is 29.3 Å². The highest BCUT2D eigenvalue weighted by atomic mass is 35.5. The van der Waals surface area contributed by atoms with E-state index < -0.39 is 23.7 Å². The number of rotatable bonds is 9. The summed E-state index contributed by atoms with van der Waals surface area (Å²) in [5.41, 5.74) is 1.84. The standard InChI is InChI=1S/C28H24ClN3O6/c1-3-15-38-28(36)18-5-4-6-20(16-18)31-25(33)17-7-9-19(10-8-17)30-24-23(29)26(34)32(27(24)35)21-11-13-22(37-2)14-12-21/h4-14,16,30H,3,15H2,1-2H3,(H,31,33). The number of nitrogens with zero attached hydrogens (tertiary/aromatic N) is 1. The molecule has 1 aliphatic heterocycles. The van der Waals surface area contributed by atoms with Gasteiger partial charge in [0.15, 0.2) is 0 Å². The highest BCUT2D eigenvalue weighted by molar-refractivity contribution is 6.53. The number of carbonyl (C=O) groups excluding carboxylic acids is 4. The second-order valence-corrected chi connectivity index (χ2v) is 8.58. The van der Waals surface area contributed by atoms with Crippen LogP contribution >= 0.6 is 11.6 Å². The smallest absolute Gasteiger partial charge is 0.338 e. The maximum absolute atomic E-state index is 13.0. The van der Waals surface area contributed by atoms with Crippen LogP contribution in [0.4, 0.5) is 17.1 Å². The fourth-order valence-electron chi connectivity index (χ4n) is 3.63. The zero-order valence-electron chi connectivity index (χ0n) is 20.6. The van der Waals surface area contributed by atoms with E-state index in [1.807, 2.05) is 6.92 Å². The maximum atomic E-state index is 13.0. The number of benzene rings is 3. The predicted molar refractivity (Wildman–Crippen MR) is 143 cm³/mol. The molecule has 0 saturated heterocycles. The summed E-state index contributed by atoms with van der Waals surface area (Å²) in [6, 6.07) is 19.2. The van der Waals surface area contributed by atoms with Gasteiger partial charge in [-0.2, -0.15) is 0 Å². The number of anilines is 3. The maximum Gasteiger partial charge on any atom is 0.338 e. The molecule has 0 fully saturated rings. The summed E-state index contributed by atoms with van der Waals surface area (Å²) in [6.45, 7) is 2.22. The second kappa shape index (κ2) is 11.6. The van der Waals surface area contributed by atoms with Gasteiger partial charge in [0.25, 0.3) is 17.7 Å². The lowest BCUT2D eigenvalue weighted by Crippen LogP contribution is -2.32. The van der Waals surface area contributed by atoms with Crippen LogP contribution in [0.2, 0.25) is 0 Å². The average molecular weight is 534 g/mol. The van der Waals surface area contributed by atoms with E-state index in [9.17, 15) is 19.2 Å². The number of hydrogen-bond donors (Lipinski definition) is 2. The molecule has 0 saturated carbocycles. The van der Waals surface area contributed by atoms with E-state index >= 15 is 0 Å². The third-order valence-corrected chi connectivity index (χ3v) is 5.92. The molecular formula is C28H24ClN3O6. The topological polar surface area (TPSA) is 114 Å². The second-order valence-electron chi connectivity index (χ2n) is 8.21. The molecule has 4 rings (SSSR count). The molecule has 1 heterocycles. The van der Waals surface area contributed by atoms with Crippen molar-refractivity contribution in [3.05, 3.63) is 94.7 Å². The van der Waals surface area contributed by atoms with Gasteiger partial charge in [-0.25, -0.2) is 9.69 Å². The van der Waals surface area contributed by atoms with Crippen molar-refractivity contribution in [2.24, 2.45) is 0 Å². The van der Waals surface area contributed by atoms with Crippen LogP contribution in [0.3, 0.4) is 0 Å². The van der Waals surface area contributed by atoms with E-state index in [-0.39, 0.29) is 10.7 Å². The molecular weight excluding hydrogens is 510 g/mol. The van der Waals surface area contributed by atoms with Crippen molar-refractivity contribution in [3.63, 3.8) is 0 Å². The van der Waals surface area contributed by atoms with E-state index in [0.717, 1.165) is 4.90 Å². The van der Waals surface area contributed by atoms with Gasteiger partial charge >= 0.3 is 5.97 Å². The van der Waals surface area contributed by atoms with Gasteiger partial charge in [-0.1, -0.05) is 24.6 Å². The molecule has 194 valence electrons. The number of nitrogens with one attached hydrogen (secondary N) is 2. The van der Waals surface area contributed by atoms with Crippen LogP contribution in [0.5, 0.6) is 5.75 Å². The molecule has 0 spiro atoms. The molecule has 10 heteroatoms. The van der Waals surface area contributed by atoms with Crippen LogP contribution in [-0.4, -0.2) is 37.4 Å². The molecule has 1 aliphatic rings. The van der Waals surface area contributed by atoms with Gasteiger partial charge < -0.3 is 20.1 Å². The van der Waals surface area contributed by atoms with Crippen LogP contribution in [0.15, 0.2) is 83.5 Å². The largest absolute Gasteiger partial charge is 0.497 e. The Morgan fingerprint density at radius 2 is 1.61 bits per heavy atom. The van der Waals surface area contributed by atoms with Gasteiger partial charge in [-0.15, -0.1) is 0 Å². The van der Waals surface area contributed by atoms with Crippen LogP contribution in [0.25, 0.3) is 0 Å². The number of carbonyl (C=O) groups is 4. The number of hydrogen-bond acceptors (Lipinski definition) is 7. The summed E-state index contributed by atoms with van der Waals surface area (Å²) < 4.78 is 10.2. The summed E-state index contributed by atoms with van der Waals surface area (Å²) in [4.78, 5) is 51.4. The lowest BCUT2D eigenvalue weighted by Gasteiger charge is -2.15. The van der Waals surface area contributed by atoms with Gasteiger partial charge in [0.05, 0.1) is 25.0 Å². The molecule has 0 aliphatic carbocycles. The summed E-state index contributed by atoms with van der Waals surface area (Å²) >= 11 is 6.19. The Morgan fingerprint density at radius 1 is 0.895 bits per heavy atom. The average Bonchev–Trinajstić information content (AvgIpc) is 3.15. The predicted octanol–water partition coefficient (Wildman–Crippen LogP) is 4.95. The molecule has 0 radical (unpaired) electrons. The van der Waals surface area contributed by atoms with E-state index in [1.54, 1.807) is 66.7 Å². The van der Waals surface area contributed by atoms with E-state index in [2.05, 4.69) is 10.6 Å². The SMILES string of the molecule is CCCOC(=O)c1cccc(NC(=O)c2ccc(NC3=C(Cl)C(=O)N(c4ccc(OC)cc4)C3=O)cc2)c1. The minimum Gasteiger partial charge on any atom is -0.497 e. The van der Waals surface area contributed by atoms with Crippen molar-refractivity contribution in [1.29, 1.82) is 0 Å². The quantitative estimate of drug-likeness (QED) is 0.295. The van der Waals surface area contributed by atoms with Gasteiger partial charge in [0, 0.05) is 16.9 Å². The molecule has 38 heavy (non-hydrogen) atoms. The zero-order chi connectivity index (χ0) is 27.2. The Morgan fingerprint density at radius 3 is 2.26 bits per heavy atom. The van der Waals surface area contributed by atoms with Crippen molar-refractivity contribution >= 4 is 52.4 Å². The minimum absolute atomic E-state index is 0.0727. The first-order valence-corrected chi connectivity index (χ1v) is 12.1. The Labute approximate surface area is 224 Å². The molecule has 0 atom stereocenters. The van der Waals surface area contributed by atoms with Crippen molar-refractivity contribution in [3.8, 4) is 5.75 Å². The third-order valence-electron chi connectivity index (χ3n) is 5.57. The van der Waals surface area contributed by atoms with Crippen molar-refractivity contribution in [1.82, 2.24) is 0 Å². The first kappa shape index (κ1) is 26.4. The fraction of sp³-hybridized carbons (Fsp3) is 0.143. The Hall–Kier alpha value is -4.63. The fourth-order valence-corrected chi connectivity index (χ4v) is 3.84. The lowest BCUT2D eigenvalue weighted by molar-refractivity contribution is -0.120. The first-order chi connectivity index (χ1) is 18.3. The monoisotopic (exact) mass is 533 g/mol. The van der Waals surface area contributed by atoms with E-state index in [0.29, 0.717) is 47.0 Å². The number of methoxy groups -OCH3 is 1. The Bertz CT molecular complexity index is 1420. The molecule has 3 aromatic rings. The molecule has 0 unspecified atom stereocenters.